The second kappa shape index (κ2) is 8.12. The normalized spacial score (nSPS) is 14.3. The molecule has 2 aromatic rings. The largest absolute Gasteiger partial charge is 0.372 e. The van der Waals surface area contributed by atoms with Crippen molar-refractivity contribution in [1.82, 2.24) is 4.72 Å². The molecule has 0 aromatic heterocycles. The minimum absolute atomic E-state index is 0.162. The second-order valence-electron chi connectivity index (χ2n) is 5.59. The first-order valence-electron chi connectivity index (χ1n) is 7.74. The van der Waals surface area contributed by atoms with Crippen LogP contribution in [-0.4, -0.2) is 22.1 Å². The maximum absolute atomic E-state index is 12.4. The molecule has 0 radical (unpaired) electrons. The van der Waals surface area contributed by atoms with Gasteiger partial charge in [0.1, 0.15) is 5.60 Å². The number of nitrogens with one attached hydrogen (secondary N) is 1. The lowest BCUT2D eigenvalue weighted by Gasteiger charge is -2.32. The first-order chi connectivity index (χ1) is 11.4. The highest BCUT2D eigenvalue weighted by atomic mass is 35.5. The Balaban J connectivity index is 2.15. The molecule has 4 nitrogen and oxygen atoms in total. The number of hydrogen-bond acceptors (Lipinski definition) is 3. The van der Waals surface area contributed by atoms with Crippen LogP contribution < -0.4 is 4.72 Å². The van der Waals surface area contributed by atoms with Crippen LogP contribution in [0.3, 0.4) is 0 Å². The number of sulfonamides is 1. The Hall–Kier alpha value is -1.40. The lowest BCUT2D eigenvalue weighted by Crippen LogP contribution is -2.42. The Morgan fingerprint density at radius 3 is 2.29 bits per heavy atom. The Morgan fingerprint density at radius 1 is 1.08 bits per heavy atom. The molecule has 2 rings (SSSR count). The number of halogens is 1. The predicted molar refractivity (Wildman–Crippen MR) is 97.5 cm³/mol. The molecule has 1 N–H and O–H groups in total. The second-order valence-corrected chi connectivity index (χ2v) is 7.80. The van der Waals surface area contributed by atoms with Crippen molar-refractivity contribution >= 4 is 21.6 Å². The molecule has 130 valence electrons. The van der Waals surface area contributed by atoms with Crippen LogP contribution in [0.2, 0.25) is 5.02 Å². The van der Waals surface area contributed by atoms with Gasteiger partial charge in [0.15, 0.2) is 0 Å². The molecule has 1 atom stereocenters. The summed E-state index contributed by atoms with van der Waals surface area (Å²) in [4.78, 5) is 0. The van der Waals surface area contributed by atoms with E-state index >= 15 is 0 Å². The summed E-state index contributed by atoms with van der Waals surface area (Å²) >= 11 is 6.05. The van der Waals surface area contributed by atoms with Gasteiger partial charge in [0.2, 0.25) is 10.0 Å². The molecule has 0 saturated heterocycles. The van der Waals surface area contributed by atoms with Gasteiger partial charge in [-0.25, -0.2) is 13.1 Å². The fourth-order valence-corrected chi connectivity index (χ4v) is 4.10. The third-order valence-electron chi connectivity index (χ3n) is 4.14. The number of rotatable bonds is 8. The van der Waals surface area contributed by atoms with E-state index in [4.69, 9.17) is 16.3 Å². The Morgan fingerprint density at radius 2 is 1.71 bits per heavy atom. The highest BCUT2D eigenvalue weighted by molar-refractivity contribution is 7.88. The zero-order valence-electron chi connectivity index (χ0n) is 13.8. The van der Waals surface area contributed by atoms with Gasteiger partial charge in [-0.2, -0.15) is 0 Å². The molecule has 0 amide bonds. The lowest BCUT2D eigenvalue weighted by molar-refractivity contribution is -0.0133. The van der Waals surface area contributed by atoms with Crippen molar-refractivity contribution < 1.29 is 13.2 Å². The van der Waals surface area contributed by atoms with Crippen LogP contribution in [0.15, 0.2) is 54.6 Å². The Labute approximate surface area is 148 Å². The predicted octanol–water partition coefficient (Wildman–Crippen LogP) is 3.71. The van der Waals surface area contributed by atoms with E-state index < -0.39 is 15.6 Å². The van der Waals surface area contributed by atoms with Crippen LogP contribution in [0.1, 0.15) is 24.5 Å². The Bertz CT molecular complexity index is 759. The SMILES string of the molecule is CC[C@](CNS(=O)(=O)Cc1ccccc1Cl)(OC)c1ccccc1. The Kier molecular flexibility index (Phi) is 6.40. The standard InChI is InChI=1S/C18H22ClNO3S/c1-3-18(23-2,16-10-5-4-6-11-16)14-20-24(21,22)13-15-9-7-8-12-17(15)19/h4-12,20H,3,13-14H2,1-2H3/t18-/m1/s1. The van der Waals surface area contributed by atoms with E-state index in [0.29, 0.717) is 17.0 Å². The summed E-state index contributed by atoms with van der Waals surface area (Å²) in [5.74, 6) is -0.162. The quantitative estimate of drug-likeness (QED) is 0.773. The molecule has 0 aliphatic rings. The van der Waals surface area contributed by atoms with Crippen LogP contribution >= 0.6 is 11.6 Å². The summed E-state index contributed by atoms with van der Waals surface area (Å²) in [5, 5.41) is 0.444. The molecule has 2 aromatic carbocycles. The smallest absolute Gasteiger partial charge is 0.215 e. The van der Waals surface area contributed by atoms with Crippen LogP contribution in [0.5, 0.6) is 0 Å². The fourth-order valence-electron chi connectivity index (χ4n) is 2.61. The van der Waals surface area contributed by atoms with Crippen molar-refractivity contribution in [2.45, 2.75) is 24.7 Å². The maximum Gasteiger partial charge on any atom is 0.215 e. The van der Waals surface area contributed by atoms with Gasteiger partial charge in [0, 0.05) is 18.7 Å². The van der Waals surface area contributed by atoms with E-state index in [0.717, 1.165) is 5.56 Å². The van der Waals surface area contributed by atoms with Gasteiger partial charge in [-0.05, 0) is 23.6 Å². The average molecular weight is 368 g/mol. The van der Waals surface area contributed by atoms with Crippen molar-refractivity contribution in [3.63, 3.8) is 0 Å². The third-order valence-corrected chi connectivity index (χ3v) is 5.79. The minimum atomic E-state index is -3.53. The number of benzene rings is 2. The molecule has 0 spiro atoms. The lowest BCUT2D eigenvalue weighted by atomic mass is 9.91. The molecule has 0 fully saturated rings. The fraction of sp³-hybridized carbons (Fsp3) is 0.333. The van der Waals surface area contributed by atoms with Gasteiger partial charge in [-0.3, -0.25) is 0 Å². The number of ether oxygens (including phenoxy) is 1. The molecule has 0 bridgehead atoms. The zero-order valence-corrected chi connectivity index (χ0v) is 15.4. The summed E-state index contributed by atoms with van der Waals surface area (Å²) in [6, 6.07) is 16.6. The van der Waals surface area contributed by atoms with Crippen molar-refractivity contribution in [2.75, 3.05) is 13.7 Å². The van der Waals surface area contributed by atoms with E-state index in [9.17, 15) is 8.42 Å². The molecule has 0 saturated carbocycles. The van der Waals surface area contributed by atoms with Crippen LogP contribution in [0.4, 0.5) is 0 Å². The van der Waals surface area contributed by atoms with Crippen molar-refractivity contribution in [1.29, 1.82) is 0 Å². The monoisotopic (exact) mass is 367 g/mol. The van der Waals surface area contributed by atoms with Crippen LogP contribution in [0, 0.1) is 0 Å². The molecular formula is C18H22ClNO3S. The molecule has 24 heavy (non-hydrogen) atoms. The summed E-state index contributed by atoms with van der Waals surface area (Å²) < 4.78 is 33.2. The van der Waals surface area contributed by atoms with Gasteiger partial charge in [-0.1, -0.05) is 67.1 Å². The molecule has 0 heterocycles. The van der Waals surface area contributed by atoms with E-state index in [1.54, 1.807) is 31.4 Å². The third kappa shape index (κ3) is 4.57. The zero-order chi connectivity index (χ0) is 17.6. The summed E-state index contributed by atoms with van der Waals surface area (Å²) in [7, 11) is -1.94. The molecular weight excluding hydrogens is 346 g/mol. The van der Waals surface area contributed by atoms with Gasteiger partial charge >= 0.3 is 0 Å². The number of hydrogen-bond donors (Lipinski definition) is 1. The van der Waals surface area contributed by atoms with Crippen LogP contribution in [0.25, 0.3) is 0 Å². The van der Waals surface area contributed by atoms with Crippen molar-refractivity contribution in [3.8, 4) is 0 Å². The molecule has 0 aliphatic carbocycles. The van der Waals surface area contributed by atoms with Crippen molar-refractivity contribution in [2.24, 2.45) is 0 Å². The highest BCUT2D eigenvalue weighted by Gasteiger charge is 2.31. The van der Waals surface area contributed by atoms with Crippen molar-refractivity contribution in [3.05, 3.63) is 70.7 Å². The maximum atomic E-state index is 12.4. The van der Waals surface area contributed by atoms with E-state index in [1.165, 1.54) is 0 Å². The van der Waals surface area contributed by atoms with Crippen LogP contribution in [-0.2, 0) is 26.1 Å². The van der Waals surface area contributed by atoms with E-state index in [2.05, 4.69) is 4.72 Å². The molecule has 6 heteroatoms. The van der Waals surface area contributed by atoms with E-state index in [-0.39, 0.29) is 12.3 Å². The van der Waals surface area contributed by atoms with Gasteiger partial charge in [-0.15, -0.1) is 0 Å². The average Bonchev–Trinajstić information content (AvgIpc) is 2.59. The molecule has 0 aliphatic heterocycles. The van der Waals surface area contributed by atoms with Gasteiger partial charge in [0.25, 0.3) is 0 Å². The minimum Gasteiger partial charge on any atom is -0.372 e. The number of methoxy groups -OCH3 is 1. The van der Waals surface area contributed by atoms with E-state index in [1.807, 2.05) is 37.3 Å². The highest BCUT2D eigenvalue weighted by Crippen LogP contribution is 2.28. The topological polar surface area (TPSA) is 55.4 Å². The van der Waals surface area contributed by atoms with Gasteiger partial charge in [0.05, 0.1) is 5.75 Å². The summed E-state index contributed by atoms with van der Waals surface area (Å²) in [6.07, 6.45) is 0.641. The summed E-state index contributed by atoms with van der Waals surface area (Å²) in [6.45, 7) is 2.13. The van der Waals surface area contributed by atoms with Gasteiger partial charge < -0.3 is 4.74 Å². The molecule has 0 unspecified atom stereocenters. The summed E-state index contributed by atoms with van der Waals surface area (Å²) in [5.41, 5.74) is 0.816. The first kappa shape index (κ1) is 18.9. The first-order valence-corrected chi connectivity index (χ1v) is 9.77.